The minimum Gasteiger partial charge on any atom is -0.493 e. The quantitative estimate of drug-likeness (QED) is 0.917. The molecule has 1 aliphatic rings. The molecule has 1 aliphatic heterocycles. The van der Waals surface area contributed by atoms with Gasteiger partial charge in [0.2, 0.25) is 11.8 Å². The van der Waals surface area contributed by atoms with Crippen LogP contribution in [0.4, 0.5) is 11.4 Å². The summed E-state index contributed by atoms with van der Waals surface area (Å²) in [6.45, 7) is 3.03. The topological polar surface area (TPSA) is 84.9 Å². The molecule has 1 N–H and O–H groups in total. The number of amides is 2. The Kier molecular flexibility index (Phi) is 4.35. The fourth-order valence-electron chi connectivity index (χ4n) is 2.57. The molecule has 0 unspecified atom stereocenters. The lowest BCUT2D eigenvalue weighted by atomic mass is 9.96. The highest BCUT2D eigenvalue weighted by atomic mass is 16.5. The molecule has 0 saturated carbocycles. The van der Waals surface area contributed by atoms with Gasteiger partial charge in [-0.2, -0.15) is 0 Å². The Morgan fingerprint density at radius 2 is 1.91 bits per heavy atom. The van der Waals surface area contributed by atoms with Crippen molar-refractivity contribution >= 4 is 29.0 Å². The van der Waals surface area contributed by atoms with Crippen LogP contribution in [0, 0.1) is 0 Å². The number of carbonyl (C=O) groups is 3. The molecule has 118 valence electrons. The van der Waals surface area contributed by atoms with Gasteiger partial charge in [0.1, 0.15) is 5.69 Å². The molecule has 0 bridgehead atoms. The van der Waals surface area contributed by atoms with Crippen LogP contribution in [0.1, 0.15) is 30.6 Å². The molecule has 0 aromatic heterocycles. The third-order valence-corrected chi connectivity index (χ3v) is 3.45. The van der Waals surface area contributed by atoms with Gasteiger partial charge >= 0.3 is 0 Å². The van der Waals surface area contributed by atoms with Crippen molar-refractivity contribution in [3.63, 3.8) is 0 Å². The summed E-state index contributed by atoms with van der Waals surface area (Å²) in [4.78, 5) is 37.1. The van der Waals surface area contributed by atoms with Crippen LogP contribution in [-0.4, -0.2) is 38.4 Å². The summed E-state index contributed by atoms with van der Waals surface area (Å²) in [7, 11) is 2.89. The van der Waals surface area contributed by atoms with Crippen LogP contribution in [0.25, 0.3) is 0 Å². The molecule has 7 heteroatoms. The van der Waals surface area contributed by atoms with Crippen molar-refractivity contribution in [2.75, 3.05) is 31.0 Å². The molecule has 0 saturated heterocycles. The minimum atomic E-state index is -0.317. The van der Waals surface area contributed by atoms with Crippen molar-refractivity contribution in [2.45, 2.75) is 20.3 Å². The number of ether oxygens (including phenoxy) is 2. The van der Waals surface area contributed by atoms with Crippen LogP contribution in [0.2, 0.25) is 0 Å². The van der Waals surface area contributed by atoms with Crippen molar-refractivity contribution in [1.29, 1.82) is 0 Å². The van der Waals surface area contributed by atoms with E-state index in [1.54, 1.807) is 0 Å². The monoisotopic (exact) mass is 306 g/mol. The Morgan fingerprint density at radius 1 is 1.23 bits per heavy atom. The third kappa shape index (κ3) is 2.61. The summed E-state index contributed by atoms with van der Waals surface area (Å²) in [5, 5.41) is 2.62. The van der Waals surface area contributed by atoms with E-state index < -0.39 is 0 Å². The average Bonchev–Trinajstić information content (AvgIpc) is 2.45. The molecule has 22 heavy (non-hydrogen) atoms. The first-order chi connectivity index (χ1) is 10.4. The number of rotatable bonds is 3. The first kappa shape index (κ1) is 15.8. The SMILES string of the molecule is COc1cc(NC(C)=O)c2c(c1OC)N(C(C)=O)CCC2=O. The highest BCUT2D eigenvalue weighted by molar-refractivity contribution is 6.15. The molecule has 0 radical (unpaired) electrons. The lowest BCUT2D eigenvalue weighted by molar-refractivity contribution is -0.116. The number of nitrogens with one attached hydrogen (secondary N) is 1. The maximum Gasteiger partial charge on any atom is 0.223 e. The summed E-state index contributed by atoms with van der Waals surface area (Å²) >= 11 is 0. The second-order valence-electron chi connectivity index (χ2n) is 4.91. The van der Waals surface area contributed by atoms with Crippen molar-refractivity contribution in [2.24, 2.45) is 0 Å². The van der Waals surface area contributed by atoms with E-state index in [0.717, 1.165) is 0 Å². The van der Waals surface area contributed by atoms with Crippen LogP contribution in [0.5, 0.6) is 11.5 Å². The minimum absolute atomic E-state index is 0.155. The molecule has 1 aromatic carbocycles. The van der Waals surface area contributed by atoms with E-state index in [-0.39, 0.29) is 36.1 Å². The summed E-state index contributed by atoms with van der Waals surface area (Å²) in [5.74, 6) is -0.0470. The van der Waals surface area contributed by atoms with Crippen molar-refractivity contribution in [3.8, 4) is 11.5 Å². The van der Waals surface area contributed by atoms with Crippen molar-refractivity contribution < 1.29 is 23.9 Å². The lowest BCUT2D eigenvalue weighted by Crippen LogP contribution is -2.36. The molecule has 0 spiro atoms. The Balaban J connectivity index is 2.80. The number of hydrogen-bond acceptors (Lipinski definition) is 5. The largest absolute Gasteiger partial charge is 0.493 e. The summed E-state index contributed by atoms with van der Waals surface area (Å²) in [5.41, 5.74) is 0.930. The normalized spacial score (nSPS) is 13.5. The number of methoxy groups -OCH3 is 2. The number of hydrogen-bond donors (Lipinski definition) is 1. The fourth-order valence-corrected chi connectivity index (χ4v) is 2.57. The molecule has 1 aromatic rings. The number of benzene rings is 1. The van der Waals surface area contributed by atoms with Crippen LogP contribution in [-0.2, 0) is 9.59 Å². The van der Waals surface area contributed by atoms with Crippen LogP contribution < -0.4 is 19.7 Å². The zero-order valence-corrected chi connectivity index (χ0v) is 13.0. The highest BCUT2D eigenvalue weighted by Crippen LogP contribution is 2.46. The Labute approximate surface area is 128 Å². The molecule has 0 aliphatic carbocycles. The van der Waals surface area contributed by atoms with Gasteiger partial charge in [0.05, 0.1) is 25.5 Å². The number of anilines is 2. The number of fused-ring (bicyclic) bond motifs is 1. The zero-order chi connectivity index (χ0) is 16.4. The first-order valence-corrected chi connectivity index (χ1v) is 6.78. The molecule has 7 nitrogen and oxygen atoms in total. The van der Waals surface area contributed by atoms with Gasteiger partial charge < -0.3 is 19.7 Å². The van der Waals surface area contributed by atoms with E-state index >= 15 is 0 Å². The molecule has 2 rings (SSSR count). The predicted octanol–water partition coefficient (Wildman–Crippen LogP) is 1.60. The summed E-state index contributed by atoms with van der Waals surface area (Å²) in [6.07, 6.45) is 0.189. The number of carbonyl (C=O) groups excluding carboxylic acids is 3. The zero-order valence-electron chi connectivity index (χ0n) is 13.0. The smallest absolute Gasteiger partial charge is 0.223 e. The van der Waals surface area contributed by atoms with Gasteiger partial charge in [-0.3, -0.25) is 14.4 Å². The van der Waals surface area contributed by atoms with Crippen molar-refractivity contribution in [1.82, 2.24) is 0 Å². The molecule has 0 atom stereocenters. The lowest BCUT2D eigenvalue weighted by Gasteiger charge is -2.31. The molecular weight excluding hydrogens is 288 g/mol. The molecular formula is C15H18N2O5. The van der Waals surface area contributed by atoms with E-state index in [1.807, 2.05) is 0 Å². The maximum absolute atomic E-state index is 12.3. The third-order valence-electron chi connectivity index (χ3n) is 3.45. The first-order valence-electron chi connectivity index (χ1n) is 6.78. The van der Waals surface area contributed by atoms with E-state index in [9.17, 15) is 14.4 Å². The Bertz CT molecular complexity index is 654. The second-order valence-corrected chi connectivity index (χ2v) is 4.91. The molecule has 2 amide bonds. The summed E-state index contributed by atoms with van der Waals surface area (Å²) < 4.78 is 10.6. The van der Waals surface area contributed by atoms with E-state index in [2.05, 4.69) is 5.32 Å². The van der Waals surface area contributed by atoms with E-state index in [1.165, 1.54) is 39.0 Å². The Morgan fingerprint density at radius 3 is 2.41 bits per heavy atom. The van der Waals surface area contributed by atoms with Crippen molar-refractivity contribution in [3.05, 3.63) is 11.6 Å². The van der Waals surface area contributed by atoms with E-state index in [0.29, 0.717) is 22.9 Å². The van der Waals surface area contributed by atoms with Crippen LogP contribution in [0.15, 0.2) is 6.07 Å². The average molecular weight is 306 g/mol. The summed E-state index contributed by atoms with van der Waals surface area (Å²) in [6, 6.07) is 1.53. The molecule has 1 heterocycles. The highest BCUT2D eigenvalue weighted by Gasteiger charge is 2.33. The van der Waals surface area contributed by atoms with Crippen LogP contribution >= 0.6 is 0 Å². The van der Waals surface area contributed by atoms with Gasteiger partial charge in [0.15, 0.2) is 17.3 Å². The Hall–Kier alpha value is -2.57. The fraction of sp³-hybridized carbons (Fsp3) is 0.400. The van der Waals surface area contributed by atoms with Gasteiger partial charge in [-0.25, -0.2) is 0 Å². The van der Waals surface area contributed by atoms with E-state index in [4.69, 9.17) is 9.47 Å². The standard InChI is InChI=1S/C15H18N2O5/c1-8(18)16-10-7-12(21-3)15(22-4)14-13(10)11(20)5-6-17(14)9(2)19/h7H,5-6H2,1-4H3,(H,16,18). The van der Waals surface area contributed by atoms with Gasteiger partial charge in [-0.15, -0.1) is 0 Å². The number of nitrogens with zero attached hydrogens (tertiary/aromatic N) is 1. The van der Waals surface area contributed by atoms with Gasteiger partial charge in [-0.05, 0) is 0 Å². The molecule has 0 fully saturated rings. The van der Waals surface area contributed by atoms with Gasteiger partial charge in [-0.1, -0.05) is 0 Å². The number of Topliss-reactive ketones (excluding diaryl/α,β-unsaturated/α-hetero) is 1. The second kappa shape index (κ2) is 6.05. The predicted molar refractivity (Wildman–Crippen MR) is 80.8 cm³/mol. The van der Waals surface area contributed by atoms with Gasteiger partial charge in [0, 0.05) is 32.9 Å². The van der Waals surface area contributed by atoms with Crippen LogP contribution in [0.3, 0.4) is 0 Å². The van der Waals surface area contributed by atoms with Gasteiger partial charge in [0.25, 0.3) is 0 Å². The maximum atomic E-state index is 12.3. The number of ketones is 1.